The van der Waals surface area contributed by atoms with Crippen LogP contribution in [0.5, 0.6) is 0 Å². The highest BCUT2D eigenvalue weighted by Crippen LogP contribution is 2.40. The molecule has 5 rings (SSSR count). The van der Waals surface area contributed by atoms with Crippen LogP contribution in [0.15, 0.2) is 54.9 Å². The van der Waals surface area contributed by atoms with E-state index in [2.05, 4.69) is 25.7 Å². The van der Waals surface area contributed by atoms with E-state index in [0.29, 0.717) is 50.7 Å². The number of carbonyl (C=O) groups is 1. The minimum Gasteiger partial charge on any atom is -0.397 e. The summed E-state index contributed by atoms with van der Waals surface area (Å²) in [6.45, 7) is 5.00. The van der Waals surface area contributed by atoms with Crippen LogP contribution in [-0.4, -0.2) is 67.6 Å². The summed E-state index contributed by atoms with van der Waals surface area (Å²) in [6.07, 6.45) is -1.55. The Bertz CT molecular complexity index is 1600. The van der Waals surface area contributed by atoms with Crippen LogP contribution in [-0.2, 0) is 30.0 Å². The molecule has 15 heteroatoms. The van der Waals surface area contributed by atoms with E-state index < -0.39 is 17.6 Å². The number of fused-ring (bicyclic) bond motifs is 1. The van der Waals surface area contributed by atoms with Gasteiger partial charge in [0.1, 0.15) is 11.4 Å². The van der Waals surface area contributed by atoms with Gasteiger partial charge in [-0.1, -0.05) is 18.2 Å². The van der Waals surface area contributed by atoms with E-state index >= 15 is 0 Å². The van der Waals surface area contributed by atoms with Crippen molar-refractivity contribution >= 4 is 37.9 Å². The molecular formula is C30H35F3N7O4P. The van der Waals surface area contributed by atoms with Gasteiger partial charge in [-0.05, 0) is 49.2 Å². The second kappa shape index (κ2) is 15.3. The summed E-state index contributed by atoms with van der Waals surface area (Å²) in [6, 6.07) is 12.4. The highest BCUT2D eigenvalue weighted by molar-refractivity contribution is 7.31. The van der Waals surface area contributed by atoms with E-state index in [-0.39, 0.29) is 42.9 Å². The Labute approximate surface area is 260 Å². The molecule has 1 amide bonds. The van der Waals surface area contributed by atoms with Crippen molar-refractivity contribution in [1.29, 1.82) is 0 Å². The molecule has 1 atom stereocenters. The molecule has 0 fully saturated rings. The fourth-order valence-corrected chi connectivity index (χ4v) is 5.28. The van der Waals surface area contributed by atoms with Crippen LogP contribution in [0.2, 0.25) is 0 Å². The number of amides is 1. The van der Waals surface area contributed by atoms with Gasteiger partial charge in [0.15, 0.2) is 0 Å². The van der Waals surface area contributed by atoms with E-state index in [9.17, 15) is 23.1 Å². The van der Waals surface area contributed by atoms with E-state index in [1.54, 1.807) is 55.2 Å². The number of carbonyl (C=O) groups excluding carboxylic acids is 1. The maximum atomic E-state index is 14.0. The Kier molecular flexibility index (Phi) is 11.5. The van der Waals surface area contributed by atoms with Gasteiger partial charge < -0.3 is 30.3 Å². The molecule has 11 nitrogen and oxygen atoms in total. The van der Waals surface area contributed by atoms with Gasteiger partial charge in [0.05, 0.1) is 30.1 Å². The summed E-state index contributed by atoms with van der Waals surface area (Å²) < 4.78 is 49.0. The summed E-state index contributed by atoms with van der Waals surface area (Å²) in [5.41, 5.74) is 2.93. The van der Waals surface area contributed by atoms with E-state index in [0.717, 1.165) is 11.7 Å². The number of hydrogen-bond acceptors (Lipinski definition) is 9. The summed E-state index contributed by atoms with van der Waals surface area (Å²) in [7, 11) is 1.97. The third-order valence-corrected chi connectivity index (χ3v) is 7.64. The minimum absolute atomic E-state index is 0.0411. The van der Waals surface area contributed by atoms with Gasteiger partial charge in [-0.2, -0.15) is 23.3 Å². The summed E-state index contributed by atoms with van der Waals surface area (Å²) in [5.74, 6) is -0.866. The molecule has 45 heavy (non-hydrogen) atoms. The number of nitrogens with zero attached hydrogens (tertiary/aromatic N) is 5. The maximum absolute atomic E-state index is 14.0. The van der Waals surface area contributed by atoms with Crippen molar-refractivity contribution in [3.8, 4) is 11.3 Å². The van der Waals surface area contributed by atoms with E-state index in [1.807, 2.05) is 19.1 Å². The van der Waals surface area contributed by atoms with Crippen LogP contribution in [0.3, 0.4) is 0 Å². The third kappa shape index (κ3) is 8.34. The number of anilines is 4. The lowest BCUT2D eigenvalue weighted by Gasteiger charge is -2.17. The predicted octanol–water partition coefficient (Wildman–Crippen LogP) is 5.55. The zero-order valence-corrected chi connectivity index (χ0v) is 26.0. The first-order valence-electron chi connectivity index (χ1n) is 14.2. The molecule has 0 radical (unpaired) electrons. The van der Waals surface area contributed by atoms with Crippen molar-refractivity contribution in [1.82, 2.24) is 24.6 Å². The number of halogens is 3. The lowest BCUT2D eigenvalue weighted by molar-refractivity contribution is -0.137. The fraction of sp³-hybridized carbons (Fsp3) is 0.333. The largest absolute Gasteiger partial charge is 0.421 e. The second-order valence-electron chi connectivity index (χ2n) is 9.83. The lowest BCUT2D eigenvalue weighted by atomic mass is 9.99. The Morgan fingerprint density at radius 3 is 2.47 bits per heavy atom. The van der Waals surface area contributed by atoms with Crippen molar-refractivity contribution in [2.45, 2.75) is 39.3 Å². The number of aliphatic hydroxyl groups excluding tert-OH is 2. The Hall–Kier alpha value is -4.10. The number of benzene rings is 2. The number of rotatable bonds is 11. The monoisotopic (exact) mass is 645 g/mol. The van der Waals surface area contributed by atoms with E-state index in [4.69, 9.17) is 9.63 Å². The molecule has 3 heterocycles. The Morgan fingerprint density at radius 1 is 1.07 bits per heavy atom. The van der Waals surface area contributed by atoms with Crippen LogP contribution in [0.4, 0.5) is 36.3 Å². The molecule has 2 aromatic heterocycles. The van der Waals surface area contributed by atoms with Gasteiger partial charge in [0.25, 0.3) is 5.91 Å². The molecule has 0 bridgehead atoms. The summed E-state index contributed by atoms with van der Waals surface area (Å²) in [4.78, 5) is 22.7. The molecular weight excluding hydrogens is 610 g/mol. The number of alkyl halides is 3. The third-order valence-electron chi connectivity index (χ3n) is 6.59. The maximum Gasteiger partial charge on any atom is 0.421 e. The zero-order valence-electron chi connectivity index (χ0n) is 25.0. The summed E-state index contributed by atoms with van der Waals surface area (Å²) >= 11 is 0. The molecule has 0 aliphatic carbocycles. The smallest absolute Gasteiger partial charge is 0.397 e. The molecule has 4 aromatic rings. The quantitative estimate of drug-likeness (QED) is 0.122. The number of nitrogens with one attached hydrogen (secondary N) is 2. The van der Waals surface area contributed by atoms with Gasteiger partial charge in [-0.3, -0.25) is 9.48 Å². The zero-order chi connectivity index (χ0) is 32.6. The van der Waals surface area contributed by atoms with Crippen molar-refractivity contribution in [2.75, 3.05) is 37.5 Å². The first-order chi connectivity index (χ1) is 21.6. The van der Waals surface area contributed by atoms with Crippen LogP contribution < -0.4 is 10.6 Å². The molecule has 4 N–H and O–H groups in total. The molecule has 240 valence electrons. The summed E-state index contributed by atoms with van der Waals surface area (Å²) in [5, 5.41) is 27.0. The molecule has 1 unspecified atom stereocenters. The minimum atomic E-state index is -4.74. The number of aliphatic hydroxyl groups is 2. The first-order valence-corrected chi connectivity index (χ1v) is 15.3. The first kappa shape index (κ1) is 33.8. The highest BCUT2D eigenvalue weighted by Gasteiger charge is 2.37. The standard InChI is InChI=1S/C28H29F3N7O3P.C2H6O/c1-3-41-42-16-17-4-6-18(7-5-17)33-27-32-14-21(28(29,30)31)25(35-27)34-23-9-8-19(20-15-37(2)26(40)24(20)23)22-10-11-38(36-22)12-13-39;1-2-3/h4-11,14,39,42H,3,12-13,15-16H2,1-2H3,(H2,32,33,34,35);3H,2H2,1H3. The molecule has 0 saturated carbocycles. The van der Waals surface area contributed by atoms with Gasteiger partial charge in [-0.15, -0.1) is 0 Å². The van der Waals surface area contributed by atoms with Gasteiger partial charge in [-0.25, -0.2) is 4.98 Å². The molecule has 0 saturated heterocycles. The predicted molar refractivity (Wildman–Crippen MR) is 167 cm³/mol. The number of aromatic nitrogens is 4. The Morgan fingerprint density at radius 2 is 1.80 bits per heavy atom. The van der Waals surface area contributed by atoms with Gasteiger partial charge in [0.2, 0.25) is 5.95 Å². The van der Waals surface area contributed by atoms with Crippen LogP contribution in [0.25, 0.3) is 11.3 Å². The normalized spacial score (nSPS) is 12.8. The van der Waals surface area contributed by atoms with Crippen LogP contribution in [0.1, 0.15) is 40.9 Å². The van der Waals surface area contributed by atoms with Crippen LogP contribution >= 0.6 is 8.81 Å². The van der Waals surface area contributed by atoms with Gasteiger partial charge in [0, 0.05) is 65.4 Å². The van der Waals surface area contributed by atoms with Crippen LogP contribution in [0, 0.1) is 0 Å². The molecule has 0 spiro atoms. The van der Waals surface area contributed by atoms with Crippen molar-refractivity contribution in [3.05, 3.63) is 77.1 Å². The van der Waals surface area contributed by atoms with Crippen molar-refractivity contribution in [3.63, 3.8) is 0 Å². The molecule has 2 aromatic carbocycles. The Balaban J connectivity index is 0.00000148. The SMILES string of the molecule is CCO.CCOPCc1ccc(Nc2ncc(C(F)(F)F)c(Nc3ccc(-c4ccn(CCO)n4)c4c3C(=O)N(C)C4)n2)cc1. The topological polar surface area (TPSA) is 138 Å². The average molecular weight is 646 g/mol. The molecule has 1 aliphatic rings. The second-order valence-corrected chi connectivity index (χ2v) is 10.8. The van der Waals surface area contributed by atoms with Gasteiger partial charge >= 0.3 is 6.18 Å². The lowest BCUT2D eigenvalue weighted by Crippen LogP contribution is -2.18. The molecule has 1 aliphatic heterocycles. The van der Waals surface area contributed by atoms with E-state index in [1.165, 1.54) is 4.90 Å². The fourth-order valence-electron chi connectivity index (χ4n) is 4.58. The van der Waals surface area contributed by atoms with Crippen molar-refractivity contribution < 1.29 is 32.7 Å². The van der Waals surface area contributed by atoms with Crippen molar-refractivity contribution in [2.24, 2.45) is 0 Å². The average Bonchev–Trinajstić information content (AvgIpc) is 3.58. The highest BCUT2D eigenvalue weighted by atomic mass is 31.1. The number of hydrogen-bond donors (Lipinski definition) is 4.